The van der Waals surface area contributed by atoms with Crippen LogP contribution in [0, 0.1) is 6.92 Å². The molecule has 1 unspecified atom stereocenters. The number of fused-ring (bicyclic) bond motifs is 3. The Balaban J connectivity index is 1.79. The van der Waals surface area contributed by atoms with E-state index >= 15 is 0 Å². The number of benzene rings is 2. The molecule has 5 rings (SSSR count). The molecule has 124 valence electrons. The van der Waals surface area contributed by atoms with Crippen LogP contribution >= 0.6 is 0 Å². The van der Waals surface area contributed by atoms with Gasteiger partial charge in [-0.15, -0.1) is 9.13 Å². The van der Waals surface area contributed by atoms with Gasteiger partial charge in [-0.1, -0.05) is 30.3 Å². The first-order chi connectivity index (χ1) is 12.8. The van der Waals surface area contributed by atoms with Crippen molar-refractivity contribution in [3.8, 4) is 22.5 Å². The van der Waals surface area contributed by atoms with E-state index in [9.17, 15) is 0 Å². The predicted molar refractivity (Wildman–Crippen MR) is 102 cm³/mol. The minimum Gasteiger partial charge on any atom is -0.132 e. The number of nitrogens with zero attached hydrogens (tertiary/aromatic N) is 2. The maximum Gasteiger partial charge on any atom is 0.381 e. The lowest BCUT2D eigenvalue weighted by Gasteiger charge is -2.10. The zero-order valence-electron chi connectivity index (χ0n) is 14.7. The second-order valence-corrected chi connectivity index (χ2v) is 6.76. The fourth-order valence-corrected chi connectivity index (χ4v) is 4.04. The van der Waals surface area contributed by atoms with Crippen molar-refractivity contribution in [2.75, 3.05) is 0 Å². The minimum absolute atomic E-state index is 0.123. The molecule has 26 heavy (non-hydrogen) atoms. The lowest BCUT2D eigenvalue weighted by molar-refractivity contribution is -0.920. The van der Waals surface area contributed by atoms with Crippen LogP contribution in [-0.4, -0.2) is 0 Å². The van der Waals surface area contributed by atoms with Gasteiger partial charge in [-0.3, -0.25) is 0 Å². The third-order valence-electron chi connectivity index (χ3n) is 5.24. The fourth-order valence-electron chi connectivity index (χ4n) is 4.04. The zero-order valence-corrected chi connectivity index (χ0v) is 14.7. The third-order valence-corrected chi connectivity index (χ3v) is 5.24. The molecule has 1 aliphatic heterocycles. The normalized spacial score (nSPS) is 14.7. The summed E-state index contributed by atoms with van der Waals surface area (Å²) in [4.78, 5) is 0. The first kappa shape index (κ1) is 15.0. The van der Waals surface area contributed by atoms with Crippen LogP contribution in [0.4, 0.5) is 0 Å². The maximum absolute atomic E-state index is 2.39. The molecule has 0 saturated heterocycles. The Hall–Kier alpha value is -3.26. The summed E-state index contributed by atoms with van der Waals surface area (Å²) in [6.07, 6.45) is 4.50. The molecule has 0 amide bonds. The number of hydrogen-bond donors (Lipinski definition) is 0. The van der Waals surface area contributed by atoms with Gasteiger partial charge in [0.1, 0.15) is 5.56 Å². The standard InChI is InChI=1S/C24H20N2/c1-18-10-2-3-11-19(18)22-14-6-8-16-25(22)24-21-13-5-4-12-20(21)23-15-7-9-17-26(23)24/h2-17,24H,1H3/q+2. The Morgan fingerprint density at radius 2 is 1.12 bits per heavy atom. The van der Waals surface area contributed by atoms with Crippen LogP contribution in [0.15, 0.2) is 97.3 Å². The monoisotopic (exact) mass is 336 g/mol. The van der Waals surface area contributed by atoms with Crippen LogP contribution in [0.3, 0.4) is 0 Å². The van der Waals surface area contributed by atoms with Crippen LogP contribution in [0.1, 0.15) is 17.3 Å². The quantitative estimate of drug-likeness (QED) is 0.424. The lowest BCUT2D eigenvalue weighted by Crippen LogP contribution is -2.56. The summed E-state index contributed by atoms with van der Waals surface area (Å²) in [5, 5.41) is 0. The molecule has 0 saturated carbocycles. The zero-order chi connectivity index (χ0) is 17.5. The number of rotatable bonds is 2. The molecule has 0 bridgehead atoms. The topological polar surface area (TPSA) is 7.76 Å². The summed E-state index contributed by atoms with van der Waals surface area (Å²) in [5.74, 6) is 0. The van der Waals surface area contributed by atoms with Gasteiger partial charge in [0.25, 0.3) is 0 Å². The maximum atomic E-state index is 2.39. The van der Waals surface area contributed by atoms with Crippen LogP contribution < -0.4 is 9.13 Å². The molecule has 0 spiro atoms. The Kier molecular flexibility index (Phi) is 3.42. The van der Waals surface area contributed by atoms with Gasteiger partial charge >= 0.3 is 6.17 Å². The summed E-state index contributed by atoms with van der Waals surface area (Å²) >= 11 is 0. The van der Waals surface area contributed by atoms with E-state index in [1.165, 1.54) is 33.6 Å². The summed E-state index contributed by atoms with van der Waals surface area (Å²) < 4.78 is 4.75. The largest absolute Gasteiger partial charge is 0.381 e. The number of aromatic nitrogens is 2. The van der Waals surface area contributed by atoms with Crippen LogP contribution in [0.5, 0.6) is 0 Å². The Labute approximate surface area is 153 Å². The molecule has 2 heteroatoms. The van der Waals surface area contributed by atoms with Crippen molar-refractivity contribution in [3.63, 3.8) is 0 Å². The van der Waals surface area contributed by atoms with E-state index in [0.717, 1.165) is 0 Å². The molecular weight excluding hydrogens is 316 g/mol. The van der Waals surface area contributed by atoms with Gasteiger partial charge in [-0.2, -0.15) is 0 Å². The van der Waals surface area contributed by atoms with Gasteiger partial charge in [-0.05, 0) is 42.8 Å². The highest BCUT2D eigenvalue weighted by Crippen LogP contribution is 2.32. The molecule has 0 N–H and O–H groups in total. The van der Waals surface area contributed by atoms with E-state index < -0.39 is 0 Å². The molecule has 0 fully saturated rings. The molecule has 2 nitrogen and oxygen atoms in total. The van der Waals surface area contributed by atoms with Crippen molar-refractivity contribution >= 4 is 0 Å². The van der Waals surface area contributed by atoms with Crippen LogP contribution in [0.2, 0.25) is 0 Å². The molecule has 3 heterocycles. The number of aryl methyl sites for hydroxylation is 1. The second-order valence-electron chi connectivity index (χ2n) is 6.76. The van der Waals surface area contributed by atoms with Crippen molar-refractivity contribution in [3.05, 3.63) is 108 Å². The van der Waals surface area contributed by atoms with E-state index in [0.29, 0.717) is 0 Å². The molecule has 1 aliphatic rings. The summed E-state index contributed by atoms with van der Waals surface area (Å²) in [5.41, 5.74) is 7.71. The Bertz CT molecular complexity index is 1070. The molecule has 4 aromatic rings. The van der Waals surface area contributed by atoms with Gasteiger partial charge in [0.2, 0.25) is 11.4 Å². The van der Waals surface area contributed by atoms with Gasteiger partial charge in [0.05, 0.1) is 5.56 Å². The van der Waals surface area contributed by atoms with Crippen molar-refractivity contribution in [1.82, 2.24) is 0 Å². The van der Waals surface area contributed by atoms with E-state index in [-0.39, 0.29) is 6.17 Å². The molecule has 1 atom stereocenters. The van der Waals surface area contributed by atoms with E-state index in [2.05, 4.69) is 113 Å². The third kappa shape index (κ3) is 2.19. The molecule has 0 radical (unpaired) electrons. The smallest absolute Gasteiger partial charge is 0.132 e. The SMILES string of the molecule is Cc1ccccc1-c1cccc[n+]1C1c2ccccc2-c2cccc[n+]21. The van der Waals surface area contributed by atoms with E-state index in [1.807, 2.05) is 0 Å². The molecule has 0 aliphatic carbocycles. The summed E-state index contributed by atoms with van der Waals surface area (Å²) in [6.45, 7) is 2.18. The lowest BCUT2D eigenvalue weighted by atomic mass is 10.0. The second kappa shape index (κ2) is 5.92. The van der Waals surface area contributed by atoms with Gasteiger partial charge < -0.3 is 0 Å². The molecular formula is C24H20N2+2. The van der Waals surface area contributed by atoms with Gasteiger partial charge in [0, 0.05) is 29.8 Å². The van der Waals surface area contributed by atoms with Gasteiger partial charge in [0.15, 0.2) is 12.4 Å². The summed E-state index contributed by atoms with van der Waals surface area (Å²) in [6, 6.07) is 30.2. The molecule has 2 aromatic carbocycles. The fraction of sp³-hybridized carbons (Fsp3) is 0.0833. The van der Waals surface area contributed by atoms with Crippen LogP contribution in [0.25, 0.3) is 22.5 Å². The highest BCUT2D eigenvalue weighted by atomic mass is 15.2. The Morgan fingerprint density at radius 3 is 1.81 bits per heavy atom. The Morgan fingerprint density at radius 1 is 0.577 bits per heavy atom. The first-order valence-corrected chi connectivity index (χ1v) is 9.00. The summed E-state index contributed by atoms with van der Waals surface area (Å²) in [7, 11) is 0. The number of hydrogen-bond acceptors (Lipinski definition) is 0. The average Bonchev–Trinajstić information content (AvgIpc) is 3.03. The van der Waals surface area contributed by atoms with Crippen LogP contribution in [-0.2, 0) is 0 Å². The van der Waals surface area contributed by atoms with Crippen molar-refractivity contribution < 1.29 is 9.13 Å². The van der Waals surface area contributed by atoms with Crippen molar-refractivity contribution in [2.45, 2.75) is 13.1 Å². The first-order valence-electron chi connectivity index (χ1n) is 9.00. The van der Waals surface area contributed by atoms with Crippen molar-refractivity contribution in [2.24, 2.45) is 0 Å². The highest BCUT2D eigenvalue weighted by molar-refractivity contribution is 5.64. The van der Waals surface area contributed by atoms with E-state index in [4.69, 9.17) is 0 Å². The predicted octanol–water partition coefficient (Wildman–Crippen LogP) is 4.31. The number of pyridine rings is 2. The van der Waals surface area contributed by atoms with E-state index in [1.54, 1.807) is 0 Å². The minimum atomic E-state index is 0.123. The molecule has 2 aromatic heterocycles. The highest BCUT2D eigenvalue weighted by Gasteiger charge is 2.43. The van der Waals surface area contributed by atoms with Gasteiger partial charge in [-0.25, -0.2) is 0 Å². The van der Waals surface area contributed by atoms with Crippen molar-refractivity contribution in [1.29, 1.82) is 0 Å². The average molecular weight is 336 g/mol.